The van der Waals surface area contributed by atoms with Gasteiger partial charge in [-0.3, -0.25) is 19.1 Å². The Balaban J connectivity index is 1.22. The number of halogens is 1. The van der Waals surface area contributed by atoms with Gasteiger partial charge in [-0.25, -0.2) is 13.4 Å². The first-order valence-corrected chi connectivity index (χ1v) is 20.1. The molecule has 2 aliphatic heterocycles. The van der Waals surface area contributed by atoms with E-state index in [1.807, 2.05) is 13.8 Å². The Morgan fingerprint density at radius 2 is 1.94 bits per heavy atom. The van der Waals surface area contributed by atoms with Crippen molar-refractivity contribution >= 4 is 67.1 Å². The van der Waals surface area contributed by atoms with Crippen LogP contribution in [-0.4, -0.2) is 81.7 Å². The fourth-order valence-electron chi connectivity index (χ4n) is 7.05. The Morgan fingerprint density at radius 1 is 1.16 bits per heavy atom. The van der Waals surface area contributed by atoms with E-state index in [0.717, 1.165) is 45.6 Å². The highest BCUT2D eigenvalue weighted by atomic mass is 127. The average Bonchev–Trinajstić information content (AvgIpc) is 3.99. The maximum absolute atomic E-state index is 14.4. The second-order valence-corrected chi connectivity index (χ2v) is 17.5. The van der Waals surface area contributed by atoms with Gasteiger partial charge >= 0.3 is 6.01 Å². The van der Waals surface area contributed by atoms with E-state index in [2.05, 4.69) is 77.9 Å². The fourth-order valence-corrected chi connectivity index (χ4v) is 9.03. The zero-order chi connectivity index (χ0) is 36.1. The quantitative estimate of drug-likeness (QED) is 0.233. The molecule has 1 unspecified atom stereocenters. The summed E-state index contributed by atoms with van der Waals surface area (Å²) < 4.78 is 41.0. The highest BCUT2D eigenvalue weighted by Crippen LogP contribution is 2.45. The third-order valence-electron chi connectivity index (χ3n) is 10.3. The number of aryl methyl sites for hydroxylation is 2. The standard InChI is InChI=1S/C35H42IN7O7S/c1-4-21-16-35(21,33(46)42-51(47,48)23-11-12-23)39-30(44)27-15-22-18-43(27)32(45)29(19(2)3)38-34-41-40-28(50-34)9-7-5-6-8-20-10-13-24-25(14-20)31(49-22)37-17-26(24)36/h4,10,13-14,17,19,21-23,27,29H,1,5-9,11-12,15-16,18H2,2-3H3,(H,38,41)(H,39,44)(H,42,46)/t21-,22-,27?,29+,35-/m1/s1. The number of aromatic nitrogens is 3. The van der Waals surface area contributed by atoms with E-state index in [-0.39, 0.29) is 37.2 Å². The average molecular weight is 832 g/mol. The van der Waals surface area contributed by atoms with Crippen molar-refractivity contribution in [3.8, 4) is 5.88 Å². The lowest BCUT2D eigenvalue weighted by Crippen LogP contribution is -2.58. The summed E-state index contributed by atoms with van der Waals surface area (Å²) in [6.45, 7) is 7.60. The lowest BCUT2D eigenvalue weighted by Gasteiger charge is -2.30. The maximum Gasteiger partial charge on any atom is 0.316 e. The molecule has 3 amide bonds. The summed E-state index contributed by atoms with van der Waals surface area (Å²) in [7, 11) is -3.86. The molecule has 4 heterocycles. The summed E-state index contributed by atoms with van der Waals surface area (Å²) in [5.74, 6) is -1.62. The summed E-state index contributed by atoms with van der Waals surface area (Å²) in [6.07, 6.45) is 8.18. The van der Waals surface area contributed by atoms with Crippen molar-refractivity contribution in [3.05, 3.63) is 52.1 Å². The van der Waals surface area contributed by atoms with Gasteiger partial charge in [-0.2, -0.15) is 0 Å². The minimum absolute atomic E-state index is 0.0614. The van der Waals surface area contributed by atoms with Crippen molar-refractivity contribution in [2.24, 2.45) is 11.8 Å². The molecular weight excluding hydrogens is 789 g/mol. The second-order valence-electron chi connectivity index (χ2n) is 14.4. The summed E-state index contributed by atoms with van der Waals surface area (Å²) >= 11 is 2.25. The number of sulfonamides is 1. The van der Waals surface area contributed by atoms with Crippen LogP contribution in [0.5, 0.6) is 5.88 Å². The Bertz CT molecular complexity index is 1980. The van der Waals surface area contributed by atoms with E-state index in [1.165, 1.54) is 11.0 Å². The number of carbonyl (C=O) groups is 3. The Kier molecular flexibility index (Phi) is 9.75. The van der Waals surface area contributed by atoms with Crippen molar-refractivity contribution < 1.29 is 32.0 Å². The van der Waals surface area contributed by atoms with Crippen LogP contribution in [0.2, 0.25) is 0 Å². The van der Waals surface area contributed by atoms with Crippen LogP contribution >= 0.6 is 22.6 Å². The lowest BCUT2D eigenvalue weighted by molar-refractivity contribution is -0.140. The zero-order valence-electron chi connectivity index (χ0n) is 28.6. The molecule has 4 aliphatic rings. The molecule has 0 radical (unpaired) electrons. The van der Waals surface area contributed by atoms with E-state index < -0.39 is 56.7 Å². The normalized spacial score (nSPS) is 26.8. The number of nitrogens with one attached hydrogen (secondary N) is 3. The molecule has 1 aromatic carbocycles. The van der Waals surface area contributed by atoms with Crippen molar-refractivity contribution in [2.75, 3.05) is 11.9 Å². The van der Waals surface area contributed by atoms with Gasteiger partial charge in [-0.1, -0.05) is 43.6 Å². The third kappa shape index (κ3) is 7.30. The van der Waals surface area contributed by atoms with E-state index in [1.54, 1.807) is 6.20 Å². The first kappa shape index (κ1) is 35.6. The van der Waals surface area contributed by atoms with E-state index in [4.69, 9.17) is 9.15 Å². The first-order chi connectivity index (χ1) is 24.4. The number of amides is 3. The van der Waals surface area contributed by atoms with Crippen LogP contribution in [0, 0.1) is 15.4 Å². The number of pyridine rings is 1. The molecule has 7 rings (SSSR count). The van der Waals surface area contributed by atoms with Crippen molar-refractivity contribution in [1.29, 1.82) is 0 Å². The van der Waals surface area contributed by atoms with Gasteiger partial charge in [-0.05, 0) is 78.7 Å². The van der Waals surface area contributed by atoms with Gasteiger partial charge in [-0.15, -0.1) is 11.7 Å². The maximum atomic E-state index is 14.4. The topological polar surface area (TPSA) is 186 Å². The lowest BCUT2D eigenvalue weighted by atomic mass is 10.0. The number of nitrogens with zero attached hydrogens (tertiary/aromatic N) is 4. The molecular formula is C35H42IN7O7S. The molecule has 2 aliphatic carbocycles. The van der Waals surface area contributed by atoms with Crippen LogP contribution in [0.1, 0.15) is 70.2 Å². The van der Waals surface area contributed by atoms with Crippen LogP contribution in [0.15, 0.2) is 41.5 Å². The van der Waals surface area contributed by atoms with Crippen LogP contribution in [0.25, 0.3) is 10.8 Å². The molecule has 5 atom stereocenters. The number of carbonyl (C=O) groups excluding carboxylic acids is 3. The molecule has 0 spiro atoms. The number of hydrogen-bond donors (Lipinski definition) is 3. The predicted octanol–water partition coefficient (Wildman–Crippen LogP) is 3.65. The van der Waals surface area contributed by atoms with Gasteiger partial charge in [0, 0.05) is 39.3 Å². The third-order valence-corrected chi connectivity index (χ3v) is 13.0. The fraction of sp³-hybridized carbons (Fsp3) is 0.543. The van der Waals surface area contributed by atoms with E-state index >= 15 is 0 Å². The number of ether oxygens (including phenoxy) is 1. The zero-order valence-corrected chi connectivity index (χ0v) is 31.5. The minimum Gasteiger partial charge on any atom is -0.472 e. The molecule has 3 aromatic rings. The molecule has 2 aromatic heterocycles. The molecule has 272 valence electrons. The highest BCUT2D eigenvalue weighted by Gasteiger charge is 2.62. The Labute approximate surface area is 310 Å². The van der Waals surface area contributed by atoms with Crippen LogP contribution in [0.3, 0.4) is 0 Å². The number of benzene rings is 1. The molecule has 16 heteroatoms. The molecule has 6 bridgehead atoms. The van der Waals surface area contributed by atoms with Gasteiger partial charge in [0.1, 0.15) is 23.7 Å². The van der Waals surface area contributed by atoms with Gasteiger partial charge < -0.3 is 24.7 Å². The summed E-state index contributed by atoms with van der Waals surface area (Å²) in [5, 5.41) is 15.5. The first-order valence-electron chi connectivity index (χ1n) is 17.5. The van der Waals surface area contributed by atoms with Crippen LogP contribution < -0.4 is 20.1 Å². The molecule has 1 saturated heterocycles. The van der Waals surface area contributed by atoms with Crippen molar-refractivity contribution in [2.45, 2.75) is 101 Å². The largest absolute Gasteiger partial charge is 0.472 e. The minimum atomic E-state index is -3.86. The summed E-state index contributed by atoms with van der Waals surface area (Å²) in [6, 6.07) is 4.52. The Morgan fingerprint density at radius 3 is 2.67 bits per heavy atom. The number of anilines is 1. The second kappa shape index (κ2) is 14.0. The van der Waals surface area contributed by atoms with E-state index in [0.29, 0.717) is 31.0 Å². The smallest absolute Gasteiger partial charge is 0.316 e. The predicted molar refractivity (Wildman–Crippen MR) is 196 cm³/mol. The monoisotopic (exact) mass is 831 g/mol. The van der Waals surface area contributed by atoms with Gasteiger partial charge in [0.25, 0.3) is 5.91 Å². The van der Waals surface area contributed by atoms with E-state index in [9.17, 15) is 22.8 Å². The van der Waals surface area contributed by atoms with Crippen LogP contribution in [-0.2, 0) is 37.2 Å². The summed E-state index contributed by atoms with van der Waals surface area (Å²) in [4.78, 5) is 48.3. The van der Waals surface area contributed by atoms with Gasteiger partial charge in [0.05, 0.1) is 11.8 Å². The van der Waals surface area contributed by atoms with Crippen molar-refractivity contribution in [3.63, 3.8) is 0 Å². The van der Waals surface area contributed by atoms with Gasteiger partial charge in [0.2, 0.25) is 33.6 Å². The number of fused-ring (bicyclic) bond motifs is 5. The summed E-state index contributed by atoms with van der Waals surface area (Å²) in [5.41, 5.74) is -0.355. The Hall–Kier alpha value is -3.80. The molecule has 2 saturated carbocycles. The SMILES string of the molecule is C=C[C@@H]1C[C@]1(NC(=O)C1C[C@@H]2CN1C(=O)[C@H](C(C)C)Nc1nnc(o1)CCCCCc1ccc3c(I)cnc(c3c1)O2)C(=O)NS(=O)(=O)C1CC1. The molecule has 3 fully saturated rings. The molecule has 14 nitrogen and oxygen atoms in total. The van der Waals surface area contributed by atoms with Crippen LogP contribution in [0.4, 0.5) is 6.01 Å². The van der Waals surface area contributed by atoms with Gasteiger partial charge in [0.15, 0.2) is 0 Å². The van der Waals surface area contributed by atoms with Crippen molar-refractivity contribution in [1.82, 2.24) is 30.1 Å². The molecule has 51 heavy (non-hydrogen) atoms. The molecule has 3 N–H and O–H groups in total. The highest BCUT2D eigenvalue weighted by molar-refractivity contribution is 14.1. The number of rotatable bonds is 7. The number of hydrogen-bond acceptors (Lipinski definition) is 11.